The maximum absolute atomic E-state index is 5.75. The molecule has 1 N–H and O–H groups in total. The van der Waals surface area contributed by atoms with E-state index in [-0.39, 0.29) is 17.7 Å². The van der Waals surface area contributed by atoms with Crippen LogP contribution in [-0.2, 0) is 4.74 Å². The third kappa shape index (κ3) is 2.36. The van der Waals surface area contributed by atoms with Crippen molar-refractivity contribution >= 4 is 0 Å². The fourth-order valence-electron chi connectivity index (χ4n) is 1.75. The number of nitrogens with one attached hydrogen (secondary N) is 1. The predicted octanol–water partition coefficient (Wildman–Crippen LogP) is 2.11. The lowest BCUT2D eigenvalue weighted by atomic mass is 9.94. The van der Waals surface area contributed by atoms with Gasteiger partial charge in [-0.15, -0.1) is 0 Å². The Hall–Kier alpha value is -0.930. The van der Waals surface area contributed by atoms with Crippen molar-refractivity contribution in [3.8, 4) is 0 Å². The van der Waals surface area contributed by atoms with Crippen LogP contribution in [-0.4, -0.2) is 17.8 Å². The van der Waals surface area contributed by atoms with Gasteiger partial charge in [-0.25, -0.2) is 0 Å². The number of hydrogen-bond donors (Lipinski definition) is 1. The first-order valence-corrected chi connectivity index (χ1v) is 5.35. The van der Waals surface area contributed by atoms with Gasteiger partial charge in [0.25, 0.3) is 0 Å². The maximum Gasteiger partial charge on any atom is 0.113 e. The van der Waals surface area contributed by atoms with Crippen molar-refractivity contribution in [2.24, 2.45) is 5.41 Å². The lowest BCUT2D eigenvalue weighted by Crippen LogP contribution is -2.37. The standard InChI is InChI=1S/C12H18N2O/c1-12(2,3)11-14-10(8-15-11)9-5-4-6-13-7-9/h4-7,10-11,14H,8H2,1-3H3. The monoisotopic (exact) mass is 206 g/mol. The average Bonchev–Trinajstić information content (AvgIpc) is 2.67. The van der Waals surface area contributed by atoms with Gasteiger partial charge in [-0.05, 0) is 11.6 Å². The summed E-state index contributed by atoms with van der Waals surface area (Å²) < 4.78 is 5.75. The normalized spacial score (nSPS) is 26.9. The third-order valence-corrected chi connectivity index (χ3v) is 2.66. The summed E-state index contributed by atoms with van der Waals surface area (Å²) in [7, 11) is 0. The number of pyridine rings is 1. The predicted molar refractivity (Wildman–Crippen MR) is 59.3 cm³/mol. The van der Waals surface area contributed by atoms with E-state index in [2.05, 4.69) is 37.1 Å². The summed E-state index contributed by atoms with van der Waals surface area (Å²) in [6.07, 6.45) is 3.81. The van der Waals surface area contributed by atoms with E-state index >= 15 is 0 Å². The second-order valence-electron chi connectivity index (χ2n) is 5.09. The van der Waals surface area contributed by atoms with Crippen molar-refractivity contribution in [2.75, 3.05) is 6.61 Å². The number of nitrogens with zero attached hydrogens (tertiary/aromatic N) is 1. The van der Waals surface area contributed by atoms with Crippen LogP contribution >= 0.6 is 0 Å². The molecule has 1 aliphatic rings. The summed E-state index contributed by atoms with van der Waals surface area (Å²) >= 11 is 0. The summed E-state index contributed by atoms with van der Waals surface area (Å²) in [5, 5.41) is 3.48. The third-order valence-electron chi connectivity index (χ3n) is 2.66. The van der Waals surface area contributed by atoms with Gasteiger partial charge in [0, 0.05) is 17.8 Å². The smallest absolute Gasteiger partial charge is 0.113 e. The highest BCUT2D eigenvalue weighted by atomic mass is 16.5. The van der Waals surface area contributed by atoms with Crippen LogP contribution < -0.4 is 5.32 Å². The Balaban J connectivity index is 2.05. The Kier molecular flexibility index (Phi) is 2.76. The highest BCUT2D eigenvalue weighted by Crippen LogP contribution is 2.29. The first-order valence-electron chi connectivity index (χ1n) is 5.35. The molecule has 0 amide bonds. The second kappa shape index (κ2) is 3.91. The van der Waals surface area contributed by atoms with E-state index in [9.17, 15) is 0 Å². The minimum atomic E-state index is 0.128. The van der Waals surface area contributed by atoms with Gasteiger partial charge < -0.3 is 4.74 Å². The van der Waals surface area contributed by atoms with Crippen LogP contribution in [0.1, 0.15) is 32.4 Å². The van der Waals surface area contributed by atoms with Crippen LogP contribution in [0.4, 0.5) is 0 Å². The van der Waals surface area contributed by atoms with Gasteiger partial charge >= 0.3 is 0 Å². The van der Waals surface area contributed by atoms with Crippen LogP contribution in [0.2, 0.25) is 0 Å². The first kappa shape index (κ1) is 10.6. The van der Waals surface area contributed by atoms with Gasteiger partial charge in [-0.1, -0.05) is 26.8 Å². The van der Waals surface area contributed by atoms with E-state index in [4.69, 9.17) is 4.74 Å². The lowest BCUT2D eigenvalue weighted by Gasteiger charge is -2.26. The second-order valence-corrected chi connectivity index (χ2v) is 5.09. The van der Waals surface area contributed by atoms with Crippen LogP contribution in [0.5, 0.6) is 0 Å². The molecule has 2 rings (SSSR count). The molecule has 3 nitrogen and oxygen atoms in total. The van der Waals surface area contributed by atoms with Crippen molar-refractivity contribution in [1.29, 1.82) is 0 Å². The molecule has 15 heavy (non-hydrogen) atoms. The molecule has 1 aliphatic heterocycles. The summed E-state index contributed by atoms with van der Waals surface area (Å²) in [5.41, 5.74) is 1.33. The maximum atomic E-state index is 5.75. The van der Waals surface area contributed by atoms with E-state index in [1.807, 2.05) is 12.3 Å². The van der Waals surface area contributed by atoms with E-state index in [1.165, 1.54) is 5.56 Å². The zero-order chi connectivity index (χ0) is 10.9. The number of ether oxygens (including phenoxy) is 1. The van der Waals surface area contributed by atoms with Gasteiger partial charge in [0.2, 0.25) is 0 Å². The Morgan fingerprint density at radius 1 is 1.47 bits per heavy atom. The van der Waals surface area contributed by atoms with Crippen molar-refractivity contribution in [1.82, 2.24) is 10.3 Å². The zero-order valence-corrected chi connectivity index (χ0v) is 9.53. The van der Waals surface area contributed by atoms with Gasteiger partial charge in [-0.2, -0.15) is 0 Å². The fraction of sp³-hybridized carbons (Fsp3) is 0.583. The molecule has 2 unspecified atom stereocenters. The molecule has 0 radical (unpaired) electrons. The summed E-state index contributed by atoms with van der Waals surface area (Å²) in [6.45, 7) is 7.26. The Bertz CT molecular complexity index is 318. The van der Waals surface area contributed by atoms with Gasteiger partial charge in [0.15, 0.2) is 0 Å². The van der Waals surface area contributed by atoms with E-state index in [0.717, 1.165) is 6.61 Å². The van der Waals surface area contributed by atoms with Gasteiger partial charge in [0.1, 0.15) is 6.23 Å². The van der Waals surface area contributed by atoms with Crippen LogP contribution in [0, 0.1) is 5.41 Å². The molecule has 82 valence electrons. The average molecular weight is 206 g/mol. The van der Waals surface area contributed by atoms with Gasteiger partial charge in [0.05, 0.1) is 12.6 Å². The Morgan fingerprint density at radius 3 is 2.80 bits per heavy atom. The number of aromatic nitrogens is 1. The summed E-state index contributed by atoms with van der Waals surface area (Å²) in [6, 6.07) is 4.32. The summed E-state index contributed by atoms with van der Waals surface area (Å²) in [4.78, 5) is 4.12. The van der Waals surface area contributed by atoms with E-state index in [0.29, 0.717) is 0 Å². The SMILES string of the molecule is CC(C)(C)C1NC(c2cccnc2)CO1. The molecule has 0 spiro atoms. The molecule has 2 atom stereocenters. The molecular formula is C12H18N2O. The van der Waals surface area contributed by atoms with Gasteiger partial charge in [-0.3, -0.25) is 10.3 Å². The molecule has 0 bridgehead atoms. The molecule has 1 saturated heterocycles. The van der Waals surface area contributed by atoms with E-state index in [1.54, 1.807) is 6.20 Å². The van der Waals surface area contributed by atoms with Crippen molar-refractivity contribution in [2.45, 2.75) is 33.0 Å². The topological polar surface area (TPSA) is 34.2 Å². The zero-order valence-electron chi connectivity index (χ0n) is 9.53. The van der Waals surface area contributed by atoms with Crippen molar-refractivity contribution < 1.29 is 4.74 Å². The Morgan fingerprint density at radius 2 is 2.27 bits per heavy atom. The minimum Gasteiger partial charge on any atom is -0.361 e. The van der Waals surface area contributed by atoms with Crippen molar-refractivity contribution in [3.63, 3.8) is 0 Å². The molecular weight excluding hydrogens is 188 g/mol. The Labute approximate surface area is 90.9 Å². The molecule has 1 fully saturated rings. The largest absolute Gasteiger partial charge is 0.361 e. The fourth-order valence-corrected chi connectivity index (χ4v) is 1.75. The van der Waals surface area contributed by atoms with E-state index < -0.39 is 0 Å². The number of rotatable bonds is 1. The number of hydrogen-bond acceptors (Lipinski definition) is 3. The quantitative estimate of drug-likeness (QED) is 0.764. The van der Waals surface area contributed by atoms with Crippen LogP contribution in [0.3, 0.4) is 0 Å². The molecule has 0 aliphatic carbocycles. The first-order chi connectivity index (χ1) is 7.07. The highest BCUT2D eigenvalue weighted by molar-refractivity contribution is 5.15. The van der Waals surface area contributed by atoms with Crippen LogP contribution in [0.15, 0.2) is 24.5 Å². The molecule has 1 aromatic rings. The van der Waals surface area contributed by atoms with Crippen molar-refractivity contribution in [3.05, 3.63) is 30.1 Å². The summed E-state index contributed by atoms with van der Waals surface area (Å²) in [5.74, 6) is 0. The molecule has 1 aromatic heterocycles. The van der Waals surface area contributed by atoms with Crippen LogP contribution in [0.25, 0.3) is 0 Å². The molecule has 2 heterocycles. The minimum absolute atomic E-state index is 0.128. The lowest BCUT2D eigenvalue weighted by molar-refractivity contribution is 0.0173. The molecule has 0 saturated carbocycles. The molecule has 3 heteroatoms. The highest BCUT2D eigenvalue weighted by Gasteiger charge is 2.33. The molecule has 0 aromatic carbocycles.